The Labute approximate surface area is 156 Å². The number of ether oxygens (including phenoxy) is 1. The minimum Gasteiger partial charge on any atom is -0.496 e. The van der Waals surface area contributed by atoms with Crippen LogP contribution in [0.3, 0.4) is 0 Å². The van der Waals surface area contributed by atoms with Gasteiger partial charge >= 0.3 is 5.63 Å². The van der Waals surface area contributed by atoms with Gasteiger partial charge in [0, 0.05) is 5.56 Å². The molecule has 1 saturated carbocycles. The van der Waals surface area contributed by atoms with Crippen LogP contribution in [0.25, 0.3) is 11.0 Å². The van der Waals surface area contributed by atoms with Gasteiger partial charge in [-0.25, -0.2) is 4.79 Å². The number of hydrogen-bond donors (Lipinski definition) is 0. The van der Waals surface area contributed by atoms with Crippen LogP contribution in [0, 0.1) is 0 Å². The summed E-state index contributed by atoms with van der Waals surface area (Å²) in [6.45, 7) is 4.38. The molecule has 0 amide bonds. The molecule has 0 unspecified atom stereocenters. The van der Waals surface area contributed by atoms with E-state index in [1.807, 2.05) is 6.07 Å². The van der Waals surface area contributed by atoms with Gasteiger partial charge in [0.15, 0.2) is 0 Å². The zero-order chi connectivity index (χ0) is 18.6. The summed E-state index contributed by atoms with van der Waals surface area (Å²) in [5.41, 5.74) is 2.74. The fourth-order valence-corrected chi connectivity index (χ4v) is 4.49. The Hall–Kier alpha value is -1.77. The van der Waals surface area contributed by atoms with Crippen molar-refractivity contribution in [3.8, 4) is 5.75 Å². The fourth-order valence-electron chi connectivity index (χ4n) is 4.49. The second kappa shape index (κ2) is 8.28. The third-order valence-electron chi connectivity index (χ3n) is 6.09. The maximum absolute atomic E-state index is 12.4. The molecular weight excluding hydrogens is 324 g/mol. The first kappa shape index (κ1) is 19.0. The van der Waals surface area contributed by atoms with Gasteiger partial charge in [0.05, 0.1) is 12.5 Å². The quantitative estimate of drug-likeness (QED) is 0.533. The molecule has 0 bridgehead atoms. The van der Waals surface area contributed by atoms with Crippen LogP contribution in [-0.4, -0.2) is 7.11 Å². The van der Waals surface area contributed by atoms with E-state index in [0.717, 1.165) is 36.0 Å². The zero-order valence-corrected chi connectivity index (χ0v) is 16.5. The van der Waals surface area contributed by atoms with Crippen molar-refractivity contribution >= 4 is 11.0 Å². The normalized spacial score (nSPS) is 16.3. The molecule has 0 saturated heterocycles. The standard InChI is InChI=1S/C23H32O3/c1-4-6-10-17-14-19-20(25-3)15-18(16-21(19)26-22(17)24)23(11-7-5-2)12-8-9-13-23/h14-16H,4-13H2,1-3H3. The predicted octanol–water partition coefficient (Wildman–Crippen LogP) is 6.15. The van der Waals surface area contributed by atoms with Crippen LogP contribution in [0.4, 0.5) is 0 Å². The van der Waals surface area contributed by atoms with E-state index in [1.165, 1.54) is 50.5 Å². The highest BCUT2D eigenvalue weighted by Gasteiger charge is 2.35. The number of rotatable bonds is 8. The Kier molecular flexibility index (Phi) is 6.05. The Morgan fingerprint density at radius 2 is 1.81 bits per heavy atom. The molecule has 142 valence electrons. The van der Waals surface area contributed by atoms with E-state index in [9.17, 15) is 4.79 Å². The Morgan fingerprint density at radius 1 is 1.08 bits per heavy atom. The topological polar surface area (TPSA) is 39.4 Å². The molecule has 1 fully saturated rings. The molecule has 1 aromatic heterocycles. The monoisotopic (exact) mass is 356 g/mol. The van der Waals surface area contributed by atoms with Gasteiger partial charge in [-0.15, -0.1) is 0 Å². The smallest absolute Gasteiger partial charge is 0.339 e. The van der Waals surface area contributed by atoms with Crippen LogP contribution >= 0.6 is 0 Å². The molecule has 3 heteroatoms. The summed E-state index contributed by atoms with van der Waals surface area (Å²) in [7, 11) is 1.71. The summed E-state index contributed by atoms with van der Waals surface area (Å²) in [4.78, 5) is 12.4. The lowest BCUT2D eigenvalue weighted by molar-refractivity contribution is 0.383. The highest BCUT2D eigenvalue weighted by molar-refractivity contribution is 5.85. The van der Waals surface area contributed by atoms with Crippen LogP contribution in [0.1, 0.15) is 82.8 Å². The lowest BCUT2D eigenvalue weighted by Gasteiger charge is -2.30. The van der Waals surface area contributed by atoms with Crippen molar-refractivity contribution in [3.63, 3.8) is 0 Å². The molecule has 0 radical (unpaired) electrons. The van der Waals surface area contributed by atoms with Crippen molar-refractivity contribution in [1.82, 2.24) is 0 Å². The Morgan fingerprint density at radius 3 is 2.46 bits per heavy atom. The van der Waals surface area contributed by atoms with Gasteiger partial charge in [-0.2, -0.15) is 0 Å². The molecule has 0 spiro atoms. The zero-order valence-electron chi connectivity index (χ0n) is 16.5. The van der Waals surface area contributed by atoms with Gasteiger partial charge in [-0.3, -0.25) is 0 Å². The van der Waals surface area contributed by atoms with Gasteiger partial charge in [-0.05, 0) is 61.3 Å². The van der Waals surface area contributed by atoms with Crippen LogP contribution in [0.2, 0.25) is 0 Å². The molecule has 1 heterocycles. The van der Waals surface area contributed by atoms with E-state index in [1.54, 1.807) is 7.11 Å². The van der Waals surface area contributed by atoms with Crippen LogP contribution in [0.15, 0.2) is 27.4 Å². The van der Waals surface area contributed by atoms with Crippen molar-refractivity contribution in [3.05, 3.63) is 39.7 Å². The lowest BCUT2D eigenvalue weighted by atomic mass is 9.74. The molecular formula is C23H32O3. The molecule has 2 aromatic rings. The molecule has 3 rings (SSSR count). The maximum atomic E-state index is 12.4. The molecule has 1 aliphatic rings. The van der Waals surface area contributed by atoms with Crippen LogP contribution < -0.4 is 10.4 Å². The molecule has 0 atom stereocenters. The van der Waals surface area contributed by atoms with E-state index in [-0.39, 0.29) is 11.0 Å². The Balaban J connectivity index is 2.09. The number of unbranched alkanes of at least 4 members (excludes halogenated alkanes) is 2. The average molecular weight is 357 g/mol. The second-order valence-corrected chi connectivity index (χ2v) is 7.84. The first-order valence-electron chi connectivity index (χ1n) is 10.3. The number of hydrogen-bond acceptors (Lipinski definition) is 3. The largest absolute Gasteiger partial charge is 0.496 e. The van der Waals surface area contributed by atoms with Crippen LogP contribution in [0.5, 0.6) is 5.75 Å². The second-order valence-electron chi connectivity index (χ2n) is 7.84. The summed E-state index contributed by atoms with van der Waals surface area (Å²) in [6.07, 6.45) is 11.5. The van der Waals surface area contributed by atoms with Crippen molar-refractivity contribution in [2.24, 2.45) is 0 Å². The molecule has 26 heavy (non-hydrogen) atoms. The molecule has 1 aromatic carbocycles. The van der Waals surface area contributed by atoms with Gasteiger partial charge in [0.2, 0.25) is 0 Å². The molecule has 0 aliphatic heterocycles. The van der Waals surface area contributed by atoms with Gasteiger partial charge in [-0.1, -0.05) is 46.0 Å². The molecule has 0 N–H and O–H groups in total. The summed E-state index contributed by atoms with van der Waals surface area (Å²) >= 11 is 0. The van der Waals surface area contributed by atoms with Crippen LogP contribution in [-0.2, 0) is 11.8 Å². The number of fused-ring (bicyclic) bond motifs is 1. The average Bonchev–Trinajstić information content (AvgIpc) is 3.14. The maximum Gasteiger partial charge on any atom is 0.339 e. The third kappa shape index (κ3) is 3.67. The first-order chi connectivity index (χ1) is 12.6. The van der Waals surface area contributed by atoms with E-state index >= 15 is 0 Å². The summed E-state index contributed by atoms with van der Waals surface area (Å²) < 4.78 is 11.5. The van der Waals surface area contributed by atoms with Crippen molar-refractivity contribution in [2.45, 2.75) is 83.5 Å². The van der Waals surface area contributed by atoms with E-state index < -0.39 is 0 Å². The Bertz CT molecular complexity index is 797. The third-order valence-corrected chi connectivity index (χ3v) is 6.09. The molecule has 1 aliphatic carbocycles. The van der Waals surface area contributed by atoms with Gasteiger partial charge < -0.3 is 9.15 Å². The summed E-state index contributed by atoms with van der Waals surface area (Å²) in [5, 5.41) is 0.922. The highest BCUT2D eigenvalue weighted by atomic mass is 16.5. The first-order valence-corrected chi connectivity index (χ1v) is 10.3. The van der Waals surface area contributed by atoms with E-state index in [4.69, 9.17) is 9.15 Å². The predicted molar refractivity (Wildman–Crippen MR) is 107 cm³/mol. The lowest BCUT2D eigenvalue weighted by Crippen LogP contribution is -2.22. The summed E-state index contributed by atoms with van der Waals surface area (Å²) in [5.74, 6) is 0.835. The van der Waals surface area contributed by atoms with E-state index in [2.05, 4.69) is 26.0 Å². The van der Waals surface area contributed by atoms with Gasteiger partial charge in [0.25, 0.3) is 0 Å². The highest BCUT2D eigenvalue weighted by Crippen LogP contribution is 2.47. The number of aryl methyl sites for hydroxylation is 1. The SMILES string of the molecule is CCCCc1cc2c(OC)cc(C3(CCCC)CCCC3)cc2oc1=O. The van der Waals surface area contributed by atoms with Crippen molar-refractivity contribution in [1.29, 1.82) is 0 Å². The van der Waals surface area contributed by atoms with Crippen molar-refractivity contribution < 1.29 is 9.15 Å². The number of methoxy groups -OCH3 is 1. The summed E-state index contributed by atoms with van der Waals surface area (Å²) in [6, 6.07) is 6.30. The molecule has 3 nitrogen and oxygen atoms in total. The minimum atomic E-state index is -0.195. The van der Waals surface area contributed by atoms with Crippen molar-refractivity contribution in [2.75, 3.05) is 7.11 Å². The number of benzene rings is 1. The fraction of sp³-hybridized carbons (Fsp3) is 0.609. The van der Waals surface area contributed by atoms with Gasteiger partial charge in [0.1, 0.15) is 11.3 Å². The van der Waals surface area contributed by atoms with E-state index in [0.29, 0.717) is 5.58 Å². The minimum absolute atomic E-state index is 0.195.